The highest BCUT2D eigenvalue weighted by Crippen LogP contribution is 2.25. The fourth-order valence-corrected chi connectivity index (χ4v) is 0. The van der Waals surface area contributed by atoms with Gasteiger partial charge in [-0.3, -0.25) is 0 Å². The van der Waals surface area contributed by atoms with Gasteiger partial charge >= 0.3 is 15.1 Å². The van der Waals surface area contributed by atoms with E-state index in [0.717, 1.165) is 0 Å². The van der Waals surface area contributed by atoms with Gasteiger partial charge in [-0.1, -0.05) is 0 Å². The van der Waals surface area contributed by atoms with E-state index in [2.05, 4.69) is 0 Å². The maximum absolute atomic E-state index is 8.88. The maximum atomic E-state index is 8.88. The monoisotopic (exact) mass is 223 g/mol. The highest BCUT2D eigenvalue weighted by atomic mass is 31.2. The smallest absolute Gasteiger partial charge is 0.402 e. The van der Waals surface area contributed by atoms with E-state index in [9.17, 15) is 0 Å². The van der Waals surface area contributed by atoms with E-state index in [0.29, 0.717) is 0 Å². The minimum absolute atomic E-state index is 1.50. The molecule has 0 bridgehead atoms. The summed E-state index contributed by atoms with van der Waals surface area (Å²) in [6.07, 6.45) is 0. The Hall–Kier alpha value is -0.745. The lowest BCUT2D eigenvalue weighted by Gasteiger charge is -1.82. The van der Waals surface area contributed by atoms with Gasteiger partial charge in [0.15, 0.2) is 0 Å². The van der Waals surface area contributed by atoms with Crippen LogP contribution in [-0.4, -0.2) is 47.4 Å². The van der Waals surface area contributed by atoms with Crippen molar-refractivity contribution in [3.8, 4) is 0 Å². The van der Waals surface area contributed by atoms with E-state index >= 15 is 0 Å². The average molecular weight is 223 g/mol. The highest BCUT2D eigenvalue weighted by Gasteiger charge is 2.00. The van der Waals surface area contributed by atoms with Gasteiger partial charge < -0.3 is 35.0 Å². The van der Waals surface area contributed by atoms with Gasteiger partial charge in [0.25, 0.3) is 5.09 Å². The predicted octanol–water partition coefficient (Wildman–Crippen LogP) is -3.33. The van der Waals surface area contributed by atoms with Crippen molar-refractivity contribution in [3.63, 3.8) is 0 Å². The fraction of sp³-hybridized carbons (Fsp3) is 0. The van der Waals surface area contributed by atoms with Gasteiger partial charge in [-0.25, -0.2) is 4.57 Å². The van der Waals surface area contributed by atoms with Crippen molar-refractivity contribution >= 4 is 15.1 Å². The molecule has 0 amide bonds. The summed E-state index contributed by atoms with van der Waals surface area (Å²) in [4.78, 5) is 29.9. The van der Waals surface area contributed by atoms with Gasteiger partial charge in [0.2, 0.25) is 0 Å². The summed E-state index contributed by atoms with van der Waals surface area (Å²) in [5.74, 6) is 0. The van der Waals surface area contributed by atoms with Crippen LogP contribution in [0.25, 0.3) is 0 Å². The standard InChI is InChI=1S/BH3O3.HNO3.H3O4P/c2*2-1(3)4;1-5(2,3)4/h2-4H;(H,2,3,4);(H3,1,2,3,4). The Balaban J connectivity index is -0.000000117. The molecular formula is H7BNO10P. The minimum Gasteiger partial charge on any atom is -0.402 e. The van der Waals surface area contributed by atoms with Crippen molar-refractivity contribution in [3.05, 3.63) is 10.1 Å². The van der Waals surface area contributed by atoms with E-state index in [-0.39, 0.29) is 0 Å². The molecule has 0 heterocycles. The van der Waals surface area contributed by atoms with Crippen LogP contribution in [0.3, 0.4) is 0 Å². The summed E-state index contributed by atoms with van der Waals surface area (Å²) in [5, 5.41) is 35.1. The first-order valence-corrected chi connectivity index (χ1v) is 3.69. The molecule has 7 N–H and O–H groups in total. The number of nitrogens with zero attached hydrogens (tertiary/aromatic N) is 1. The van der Waals surface area contributed by atoms with Crippen LogP contribution < -0.4 is 0 Å². The van der Waals surface area contributed by atoms with Crippen LogP contribution in [0.15, 0.2) is 0 Å². The van der Waals surface area contributed by atoms with Crippen LogP contribution in [-0.2, 0) is 4.57 Å². The molecule has 0 rings (SSSR count). The summed E-state index contributed by atoms with van der Waals surface area (Å²) in [6.45, 7) is 0. The second-order valence-electron chi connectivity index (χ2n) is 1.10. The van der Waals surface area contributed by atoms with Crippen molar-refractivity contribution in [1.82, 2.24) is 0 Å². The van der Waals surface area contributed by atoms with Gasteiger partial charge in [0.1, 0.15) is 0 Å². The molecule has 0 unspecified atom stereocenters. The average Bonchev–Trinajstić information content (AvgIpc) is 1.50. The Bertz CT molecular complexity index is 143. The third-order valence-electron chi connectivity index (χ3n) is 0. The third kappa shape index (κ3) is 1740. The van der Waals surface area contributed by atoms with Gasteiger partial charge in [-0.15, -0.1) is 10.1 Å². The summed E-state index contributed by atoms with van der Waals surface area (Å²) in [7, 11) is -6.81. The van der Waals surface area contributed by atoms with Gasteiger partial charge in [-0.05, 0) is 0 Å². The fourth-order valence-electron chi connectivity index (χ4n) is 0. The van der Waals surface area contributed by atoms with Crippen LogP contribution in [0.5, 0.6) is 0 Å². The number of hydrogen-bond donors (Lipinski definition) is 7. The van der Waals surface area contributed by atoms with Crippen LogP contribution >= 0.6 is 7.82 Å². The number of phosphoric acid groups is 1. The Morgan fingerprint density at radius 1 is 1.15 bits per heavy atom. The van der Waals surface area contributed by atoms with Crippen LogP contribution in [0, 0.1) is 10.1 Å². The van der Waals surface area contributed by atoms with Crippen LogP contribution in [0.4, 0.5) is 0 Å². The van der Waals surface area contributed by atoms with E-state index in [1.54, 1.807) is 0 Å². The minimum atomic E-state index is -4.64. The summed E-state index contributed by atoms with van der Waals surface area (Å²) in [5.41, 5.74) is 0. The molecule has 0 radical (unpaired) electrons. The normalized spacial score (nSPS) is 8.46. The number of rotatable bonds is 0. The van der Waals surface area contributed by atoms with Crippen molar-refractivity contribution in [1.29, 1.82) is 0 Å². The molecule has 0 aromatic rings. The maximum Gasteiger partial charge on any atom is 0.631 e. The molecule has 0 saturated heterocycles. The van der Waals surface area contributed by atoms with Crippen molar-refractivity contribution in [2.24, 2.45) is 0 Å². The molecule has 0 spiro atoms. The van der Waals surface area contributed by atoms with Gasteiger partial charge in [-0.2, -0.15) is 0 Å². The third-order valence-corrected chi connectivity index (χ3v) is 0. The molecule has 80 valence electrons. The summed E-state index contributed by atoms with van der Waals surface area (Å²) in [6, 6.07) is 0. The lowest BCUT2D eigenvalue weighted by atomic mass is 10.3. The first-order valence-electron chi connectivity index (χ1n) is 2.12. The molecule has 13 heteroatoms. The zero-order chi connectivity index (χ0) is 11.7. The second-order valence-corrected chi connectivity index (χ2v) is 2.12. The van der Waals surface area contributed by atoms with Gasteiger partial charge in [0, 0.05) is 0 Å². The quantitative estimate of drug-likeness (QED) is 0.0940. The van der Waals surface area contributed by atoms with Crippen molar-refractivity contribution in [2.75, 3.05) is 0 Å². The molecule has 0 fully saturated rings. The molecule has 0 aliphatic rings. The molecule has 0 aromatic carbocycles. The lowest BCUT2D eigenvalue weighted by Crippen LogP contribution is -2.07. The molecule has 0 aromatic heterocycles. The molecule has 0 atom stereocenters. The summed E-state index contributed by atoms with van der Waals surface area (Å²) >= 11 is 0. The van der Waals surface area contributed by atoms with E-state index in [1.807, 2.05) is 0 Å². The van der Waals surface area contributed by atoms with E-state index in [4.69, 9.17) is 49.6 Å². The topological polar surface area (TPSA) is 202 Å². The Morgan fingerprint density at radius 2 is 1.15 bits per heavy atom. The Labute approximate surface area is 71.0 Å². The molecule has 0 saturated carbocycles. The summed E-state index contributed by atoms with van der Waals surface area (Å²) < 4.78 is 8.88. The first-order chi connectivity index (χ1) is 5.46. The zero-order valence-corrected chi connectivity index (χ0v) is 6.72. The predicted molar refractivity (Wildman–Crippen MR) is 35.5 cm³/mol. The van der Waals surface area contributed by atoms with Crippen molar-refractivity contribution < 1.29 is 44.6 Å². The molecule has 0 aliphatic carbocycles. The zero-order valence-electron chi connectivity index (χ0n) is 5.83. The lowest BCUT2D eigenvalue weighted by molar-refractivity contribution is -0.742. The first kappa shape index (κ1) is 18.1. The Kier molecular flexibility index (Phi) is 13.0. The van der Waals surface area contributed by atoms with Crippen LogP contribution in [0.1, 0.15) is 0 Å². The molecular weight excluding hydrogens is 216 g/mol. The van der Waals surface area contributed by atoms with E-state index < -0.39 is 20.2 Å². The highest BCUT2D eigenvalue weighted by molar-refractivity contribution is 7.45. The molecule has 13 heavy (non-hydrogen) atoms. The largest absolute Gasteiger partial charge is 0.631 e. The molecule has 0 aliphatic heterocycles. The number of hydrogen-bond acceptors (Lipinski definition) is 6. The Morgan fingerprint density at radius 3 is 1.15 bits per heavy atom. The second kappa shape index (κ2) is 9.34. The van der Waals surface area contributed by atoms with E-state index in [1.165, 1.54) is 0 Å². The van der Waals surface area contributed by atoms with Gasteiger partial charge in [0.05, 0.1) is 0 Å². The van der Waals surface area contributed by atoms with Crippen LogP contribution in [0.2, 0.25) is 0 Å². The van der Waals surface area contributed by atoms with Crippen molar-refractivity contribution in [2.45, 2.75) is 0 Å². The molecule has 11 nitrogen and oxygen atoms in total. The SMILES string of the molecule is O=P(O)(O)O.O=[N+]([O-])O.OB(O)O.